The highest BCUT2D eigenvalue weighted by Crippen LogP contribution is 2.36. The van der Waals surface area contributed by atoms with Crippen LogP contribution >= 0.6 is 31.0 Å². The zero-order valence-electron chi connectivity index (χ0n) is 18.1. The molecule has 174 valence electrons. The van der Waals surface area contributed by atoms with E-state index in [1.807, 2.05) is 72.8 Å². The Morgan fingerprint density at radius 2 is 1.79 bits per heavy atom. The van der Waals surface area contributed by atoms with Gasteiger partial charge in [-0.1, -0.05) is 71.9 Å². The minimum absolute atomic E-state index is 0.182. The Morgan fingerprint density at radius 3 is 2.52 bits per heavy atom. The van der Waals surface area contributed by atoms with E-state index in [9.17, 15) is 4.57 Å². The highest BCUT2D eigenvalue weighted by atomic mass is 35.5. The molecule has 0 aromatic heterocycles. The second-order valence-corrected chi connectivity index (χ2v) is 10.9. The molecule has 5 nitrogen and oxygen atoms in total. The average Bonchev–Trinajstić information content (AvgIpc) is 2.78. The number of aryl methyl sites for hydroxylation is 1. The highest BCUT2D eigenvalue weighted by Gasteiger charge is 2.12. The van der Waals surface area contributed by atoms with Crippen LogP contribution in [0.4, 0.5) is 0 Å². The lowest BCUT2D eigenvalue weighted by Gasteiger charge is -2.09. The molecule has 0 radical (unpaired) electrons. The maximum Gasteiger partial charge on any atom is 0.325 e. The number of hydrogen-bond donors (Lipinski definition) is 3. The lowest BCUT2D eigenvalue weighted by molar-refractivity contribution is 0.305. The highest BCUT2D eigenvalue weighted by molar-refractivity contribution is 7.99. The molecule has 33 heavy (non-hydrogen) atoms. The molecule has 3 aromatic rings. The Hall–Kier alpha value is -2.21. The van der Waals surface area contributed by atoms with Crippen molar-refractivity contribution in [3.05, 3.63) is 101 Å². The van der Waals surface area contributed by atoms with Crippen LogP contribution in [0.2, 0.25) is 5.02 Å². The van der Waals surface area contributed by atoms with E-state index in [0.29, 0.717) is 30.2 Å². The van der Waals surface area contributed by atoms with Crippen LogP contribution in [0.1, 0.15) is 24.0 Å². The van der Waals surface area contributed by atoms with E-state index in [4.69, 9.17) is 31.9 Å². The summed E-state index contributed by atoms with van der Waals surface area (Å²) in [6.07, 6.45) is 3.10. The number of ether oxygens (including phenoxy) is 1. The number of benzene rings is 3. The molecular formula is C25H27ClNO4PS. The standard InChI is InChI=1S/C25H27ClNO4PS/c26-25-17-24(13-12-20(25)8-4-9-21(27)14-15-32(28,29)30)33-23-11-5-10-22(16-23)31-18-19-6-2-1-3-7-19/h1-3,5-7,9-13,16-17H,4,8,14-15,18,27H2,(H2,28,29,30). The fourth-order valence-corrected chi connectivity index (χ4v) is 4.88. The fourth-order valence-electron chi connectivity index (χ4n) is 3.09. The zero-order chi connectivity index (χ0) is 23.7. The van der Waals surface area contributed by atoms with Gasteiger partial charge in [0.2, 0.25) is 0 Å². The zero-order valence-corrected chi connectivity index (χ0v) is 20.5. The minimum atomic E-state index is -4.03. The molecule has 0 atom stereocenters. The number of nitrogens with two attached hydrogens (primary N) is 1. The predicted molar refractivity (Wildman–Crippen MR) is 135 cm³/mol. The van der Waals surface area contributed by atoms with E-state index in [-0.39, 0.29) is 12.6 Å². The van der Waals surface area contributed by atoms with Gasteiger partial charge in [0.15, 0.2) is 0 Å². The van der Waals surface area contributed by atoms with Crippen molar-refractivity contribution in [2.45, 2.75) is 35.7 Å². The van der Waals surface area contributed by atoms with Crippen LogP contribution < -0.4 is 10.5 Å². The first kappa shape index (κ1) is 25.4. The molecule has 0 aliphatic carbocycles. The number of halogens is 1. The van der Waals surface area contributed by atoms with Crippen molar-refractivity contribution in [2.24, 2.45) is 5.73 Å². The third-order valence-electron chi connectivity index (χ3n) is 4.83. The van der Waals surface area contributed by atoms with Crippen LogP contribution in [-0.4, -0.2) is 15.9 Å². The van der Waals surface area contributed by atoms with Crippen LogP contribution in [0.15, 0.2) is 94.4 Å². The molecule has 0 unspecified atom stereocenters. The van der Waals surface area contributed by atoms with Gasteiger partial charge in [-0.3, -0.25) is 4.57 Å². The van der Waals surface area contributed by atoms with Crippen LogP contribution in [-0.2, 0) is 17.6 Å². The Morgan fingerprint density at radius 1 is 1.03 bits per heavy atom. The molecule has 0 bridgehead atoms. The molecule has 0 amide bonds. The maximum absolute atomic E-state index is 10.9. The van der Waals surface area contributed by atoms with Crippen LogP contribution in [0.25, 0.3) is 0 Å². The Kier molecular flexibility index (Phi) is 9.48. The van der Waals surface area contributed by atoms with Gasteiger partial charge in [-0.25, -0.2) is 0 Å². The van der Waals surface area contributed by atoms with E-state index in [1.165, 1.54) is 0 Å². The Labute approximate surface area is 203 Å². The third-order valence-corrected chi connectivity index (χ3v) is 6.96. The van der Waals surface area contributed by atoms with E-state index in [1.54, 1.807) is 17.8 Å². The number of allylic oxidation sites excluding steroid dienone is 2. The molecular weight excluding hydrogens is 477 g/mol. The number of rotatable bonds is 11. The summed E-state index contributed by atoms with van der Waals surface area (Å²) in [5.41, 5.74) is 8.44. The molecule has 0 saturated heterocycles. The lowest BCUT2D eigenvalue weighted by Crippen LogP contribution is -2.01. The quantitative estimate of drug-likeness (QED) is 0.262. The van der Waals surface area contributed by atoms with Crippen molar-refractivity contribution in [3.8, 4) is 5.75 Å². The summed E-state index contributed by atoms with van der Waals surface area (Å²) in [6.45, 7) is 0.522. The number of hydrogen-bond acceptors (Lipinski definition) is 4. The third kappa shape index (κ3) is 9.28. The van der Waals surface area contributed by atoms with Crippen molar-refractivity contribution in [3.63, 3.8) is 0 Å². The predicted octanol–water partition coefficient (Wildman–Crippen LogP) is 6.41. The summed E-state index contributed by atoms with van der Waals surface area (Å²) < 4.78 is 16.8. The van der Waals surface area contributed by atoms with Crippen molar-refractivity contribution in [1.29, 1.82) is 0 Å². The molecule has 0 heterocycles. The molecule has 3 aromatic carbocycles. The summed E-state index contributed by atoms with van der Waals surface area (Å²) in [4.78, 5) is 19.9. The monoisotopic (exact) mass is 503 g/mol. The molecule has 0 fully saturated rings. The van der Waals surface area contributed by atoms with Gasteiger partial charge >= 0.3 is 7.60 Å². The summed E-state index contributed by atoms with van der Waals surface area (Å²) in [5, 5.41) is 0.679. The van der Waals surface area contributed by atoms with E-state index >= 15 is 0 Å². The van der Waals surface area contributed by atoms with Gasteiger partial charge in [-0.05, 0) is 60.7 Å². The maximum atomic E-state index is 10.9. The second-order valence-electron chi connectivity index (χ2n) is 7.56. The largest absolute Gasteiger partial charge is 0.489 e. The summed E-state index contributed by atoms with van der Waals surface area (Å²) in [6, 6.07) is 24.0. The summed E-state index contributed by atoms with van der Waals surface area (Å²) >= 11 is 8.10. The molecule has 0 saturated carbocycles. The summed E-state index contributed by atoms with van der Waals surface area (Å²) in [5.74, 6) is 0.815. The van der Waals surface area contributed by atoms with Gasteiger partial charge in [0, 0.05) is 20.5 Å². The van der Waals surface area contributed by atoms with E-state index in [2.05, 4.69) is 0 Å². The van der Waals surface area contributed by atoms with E-state index < -0.39 is 7.60 Å². The van der Waals surface area contributed by atoms with Crippen molar-refractivity contribution < 1.29 is 19.1 Å². The van der Waals surface area contributed by atoms with Crippen LogP contribution in [0.5, 0.6) is 5.75 Å². The average molecular weight is 504 g/mol. The lowest BCUT2D eigenvalue weighted by atomic mass is 10.1. The first-order chi connectivity index (χ1) is 15.8. The SMILES string of the molecule is NC(=CCCc1ccc(Sc2cccc(OCc3ccccc3)c2)cc1Cl)CCP(=O)(O)O. The topological polar surface area (TPSA) is 92.8 Å². The normalized spacial score (nSPS) is 12.0. The summed E-state index contributed by atoms with van der Waals surface area (Å²) in [7, 11) is -4.03. The van der Waals surface area contributed by atoms with Crippen LogP contribution in [0.3, 0.4) is 0 Å². The van der Waals surface area contributed by atoms with Gasteiger partial charge in [0.1, 0.15) is 12.4 Å². The molecule has 8 heteroatoms. The molecule has 4 N–H and O–H groups in total. The second kappa shape index (κ2) is 12.3. The van der Waals surface area contributed by atoms with Crippen LogP contribution in [0, 0.1) is 0 Å². The fraction of sp³-hybridized carbons (Fsp3) is 0.200. The Balaban J connectivity index is 1.54. The van der Waals surface area contributed by atoms with Gasteiger partial charge in [-0.15, -0.1) is 0 Å². The molecule has 0 aliphatic heterocycles. The first-order valence-corrected chi connectivity index (χ1v) is 13.5. The first-order valence-electron chi connectivity index (χ1n) is 10.5. The smallest absolute Gasteiger partial charge is 0.325 e. The minimum Gasteiger partial charge on any atom is -0.489 e. The van der Waals surface area contributed by atoms with Gasteiger partial charge < -0.3 is 20.3 Å². The molecule has 0 spiro atoms. The van der Waals surface area contributed by atoms with E-state index in [0.717, 1.165) is 26.7 Å². The molecule has 3 rings (SSSR count). The van der Waals surface area contributed by atoms with Gasteiger partial charge in [-0.2, -0.15) is 0 Å². The van der Waals surface area contributed by atoms with Gasteiger partial charge in [0.25, 0.3) is 0 Å². The van der Waals surface area contributed by atoms with Crippen molar-refractivity contribution in [2.75, 3.05) is 6.16 Å². The van der Waals surface area contributed by atoms with Crippen molar-refractivity contribution >= 4 is 31.0 Å². The molecule has 0 aliphatic rings. The van der Waals surface area contributed by atoms with Gasteiger partial charge in [0.05, 0.1) is 6.16 Å². The van der Waals surface area contributed by atoms with Crippen molar-refractivity contribution in [1.82, 2.24) is 0 Å². The Bertz CT molecular complexity index is 1130.